The Morgan fingerprint density at radius 1 is 1.09 bits per heavy atom. The quantitative estimate of drug-likeness (QED) is 0.692. The van der Waals surface area contributed by atoms with Crippen molar-refractivity contribution < 1.29 is 9.21 Å². The molecule has 0 amide bonds. The smallest absolute Gasteiger partial charge is 0.289 e. The average Bonchev–Trinajstić information content (AvgIpc) is 3.04. The first kappa shape index (κ1) is 14.0. The molecule has 0 radical (unpaired) electrons. The highest BCUT2D eigenvalue weighted by molar-refractivity contribution is 6.33. The third-order valence-electron chi connectivity index (χ3n) is 3.00. The summed E-state index contributed by atoms with van der Waals surface area (Å²) in [5, 5.41) is 16.8. The molecule has 1 aromatic heterocycles. The largest absolute Gasteiger partial charge is 0.413 e. The molecule has 3 aromatic rings. The van der Waals surface area contributed by atoms with Crippen LogP contribution in [-0.4, -0.2) is 16.0 Å². The molecule has 22 heavy (non-hydrogen) atoms. The lowest BCUT2D eigenvalue weighted by Crippen LogP contribution is -2.01. The number of nitriles is 1. The van der Waals surface area contributed by atoms with Crippen LogP contribution >= 0.6 is 11.6 Å². The van der Waals surface area contributed by atoms with Gasteiger partial charge < -0.3 is 4.42 Å². The third-order valence-corrected chi connectivity index (χ3v) is 3.33. The van der Waals surface area contributed by atoms with E-state index in [-0.39, 0.29) is 11.8 Å². The Morgan fingerprint density at radius 3 is 2.50 bits per heavy atom. The van der Waals surface area contributed by atoms with Crippen LogP contribution in [0, 0.1) is 11.3 Å². The second kappa shape index (κ2) is 5.80. The second-order valence-electron chi connectivity index (χ2n) is 4.41. The fraction of sp³-hybridized carbons (Fsp3) is 0. The minimum atomic E-state index is -0.407. The van der Waals surface area contributed by atoms with Gasteiger partial charge in [-0.3, -0.25) is 4.79 Å². The molecular weight excluding hydrogens is 302 g/mol. The molecule has 0 atom stereocenters. The summed E-state index contributed by atoms with van der Waals surface area (Å²) < 4.78 is 5.40. The molecule has 1 heterocycles. The van der Waals surface area contributed by atoms with Crippen molar-refractivity contribution in [2.45, 2.75) is 0 Å². The van der Waals surface area contributed by atoms with Crippen LogP contribution in [0.2, 0.25) is 5.02 Å². The molecule has 106 valence electrons. The summed E-state index contributed by atoms with van der Waals surface area (Å²) in [6.07, 6.45) is 0. The van der Waals surface area contributed by atoms with Crippen molar-refractivity contribution in [3.8, 4) is 17.5 Å². The van der Waals surface area contributed by atoms with Crippen molar-refractivity contribution in [1.82, 2.24) is 10.2 Å². The lowest BCUT2D eigenvalue weighted by Gasteiger charge is -1.97. The van der Waals surface area contributed by atoms with E-state index in [0.717, 1.165) is 0 Å². The number of carbonyl (C=O) groups excluding carboxylic acids is 1. The van der Waals surface area contributed by atoms with Crippen molar-refractivity contribution in [2.24, 2.45) is 0 Å². The van der Waals surface area contributed by atoms with Crippen LogP contribution in [0.3, 0.4) is 0 Å². The van der Waals surface area contributed by atoms with Crippen molar-refractivity contribution >= 4 is 17.4 Å². The number of ketones is 1. The van der Waals surface area contributed by atoms with Gasteiger partial charge in [-0.25, -0.2) is 0 Å². The number of nitrogens with zero attached hydrogens (tertiary/aromatic N) is 3. The molecule has 5 nitrogen and oxygen atoms in total. The maximum Gasteiger partial charge on any atom is 0.289 e. The Bertz CT molecular complexity index is 879. The first-order valence-electron chi connectivity index (χ1n) is 6.32. The van der Waals surface area contributed by atoms with E-state index >= 15 is 0 Å². The van der Waals surface area contributed by atoms with Crippen LogP contribution in [0.25, 0.3) is 11.5 Å². The molecule has 0 aliphatic carbocycles. The van der Waals surface area contributed by atoms with Crippen molar-refractivity contribution in [2.75, 3.05) is 0 Å². The summed E-state index contributed by atoms with van der Waals surface area (Å²) >= 11 is 6.05. The van der Waals surface area contributed by atoms with Crippen LogP contribution in [-0.2, 0) is 0 Å². The Hall–Kier alpha value is -2.97. The van der Waals surface area contributed by atoms with Gasteiger partial charge in [-0.15, -0.1) is 10.2 Å². The number of aromatic nitrogens is 2. The van der Waals surface area contributed by atoms with E-state index in [1.165, 1.54) is 0 Å². The van der Waals surface area contributed by atoms with E-state index in [2.05, 4.69) is 10.2 Å². The van der Waals surface area contributed by atoms with Gasteiger partial charge in [0.25, 0.3) is 5.89 Å². The molecule has 0 fully saturated rings. The summed E-state index contributed by atoms with van der Waals surface area (Å²) in [5.41, 5.74) is 1.41. The van der Waals surface area contributed by atoms with Gasteiger partial charge in [-0.05, 0) is 36.4 Å². The van der Waals surface area contributed by atoms with Crippen molar-refractivity contribution in [3.05, 3.63) is 70.6 Å². The fourth-order valence-electron chi connectivity index (χ4n) is 1.88. The number of benzene rings is 2. The normalized spacial score (nSPS) is 10.2. The Kier molecular flexibility index (Phi) is 3.69. The highest BCUT2D eigenvalue weighted by Crippen LogP contribution is 2.26. The van der Waals surface area contributed by atoms with E-state index in [1.807, 2.05) is 6.07 Å². The predicted molar refractivity (Wildman–Crippen MR) is 79.3 cm³/mol. The van der Waals surface area contributed by atoms with E-state index in [0.29, 0.717) is 21.7 Å². The SMILES string of the molecule is N#Cc1ccc(C(=O)c2nnc(-c3ccccc3Cl)o2)cc1. The highest BCUT2D eigenvalue weighted by atomic mass is 35.5. The number of carbonyl (C=O) groups is 1. The van der Waals surface area contributed by atoms with Crippen LogP contribution in [0.15, 0.2) is 52.9 Å². The predicted octanol–water partition coefficient (Wildman–Crippen LogP) is 3.49. The van der Waals surface area contributed by atoms with Gasteiger partial charge in [-0.2, -0.15) is 5.26 Å². The summed E-state index contributed by atoms with van der Waals surface area (Å²) in [6, 6.07) is 15.2. The molecule has 0 saturated carbocycles. The average molecular weight is 310 g/mol. The van der Waals surface area contributed by atoms with Crippen LogP contribution in [0.5, 0.6) is 0 Å². The molecule has 3 rings (SSSR count). The topological polar surface area (TPSA) is 79.8 Å². The number of hydrogen-bond donors (Lipinski definition) is 0. The first-order valence-corrected chi connectivity index (χ1v) is 6.70. The Labute approximate surface area is 130 Å². The molecule has 0 bridgehead atoms. The van der Waals surface area contributed by atoms with E-state index < -0.39 is 5.78 Å². The van der Waals surface area contributed by atoms with Crippen LogP contribution < -0.4 is 0 Å². The highest BCUT2D eigenvalue weighted by Gasteiger charge is 2.18. The van der Waals surface area contributed by atoms with E-state index in [9.17, 15) is 4.79 Å². The van der Waals surface area contributed by atoms with Gasteiger partial charge in [0.15, 0.2) is 0 Å². The van der Waals surface area contributed by atoms with Gasteiger partial charge in [0.05, 0.1) is 22.2 Å². The number of hydrogen-bond acceptors (Lipinski definition) is 5. The molecule has 6 heteroatoms. The maximum absolute atomic E-state index is 12.3. The number of halogens is 1. The van der Waals surface area contributed by atoms with Crippen molar-refractivity contribution in [3.63, 3.8) is 0 Å². The molecule has 2 aromatic carbocycles. The maximum atomic E-state index is 12.3. The fourth-order valence-corrected chi connectivity index (χ4v) is 2.09. The van der Waals surface area contributed by atoms with Crippen LogP contribution in [0.4, 0.5) is 0 Å². The molecule has 0 aliphatic heterocycles. The minimum absolute atomic E-state index is 0.125. The van der Waals surface area contributed by atoms with Gasteiger partial charge in [0.1, 0.15) is 0 Å². The third kappa shape index (κ3) is 2.60. The molecular formula is C16H8ClN3O2. The monoisotopic (exact) mass is 309 g/mol. The standard InChI is InChI=1S/C16H8ClN3O2/c17-13-4-2-1-3-12(13)15-19-20-16(22-15)14(21)11-7-5-10(9-18)6-8-11/h1-8H. The summed E-state index contributed by atoms with van der Waals surface area (Å²) in [4.78, 5) is 12.3. The van der Waals surface area contributed by atoms with E-state index in [4.69, 9.17) is 21.3 Å². The van der Waals surface area contributed by atoms with Crippen LogP contribution in [0.1, 0.15) is 21.8 Å². The zero-order valence-corrected chi connectivity index (χ0v) is 11.9. The van der Waals surface area contributed by atoms with E-state index in [1.54, 1.807) is 48.5 Å². The zero-order chi connectivity index (χ0) is 15.5. The Balaban J connectivity index is 1.92. The lowest BCUT2D eigenvalue weighted by atomic mass is 10.1. The second-order valence-corrected chi connectivity index (χ2v) is 4.82. The summed E-state index contributed by atoms with van der Waals surface area (Å²) in [5.74, 6) is -0.350. The number of rotatable bonds is 3. The van der Waals surface area contributed by atoms with Gasteiger partial charge in [-0.1, -0.05) is 23.7 Å². The molecule has 0 unspecified atom stereocenters. The lowest BCUT2D eigenvalue weighted by molar-refractivity contribution is 0.100. The van der Waals surface area contributed by atoms with Crippen molar-refractivity contribution in [1.29, 1.82) is 5.26 Å². The summed E-state index contributed by atoms with van der Waals surface area (Å²) in [6.45, 7) is 0. The minimum Gasteiger partial charge on any atom is -0.413 e. The summed E-state index contributed by atoms with van der Waals surface area (Å²) in [7, 11) is 0. The van der Waals surface area contributed by atoms with Gasteiger partial charge in [0.2, 0.25) is 11.7 Å². The zero-order valence-electron chi connectivity index (χ0n) is 11.2. The Morgan fingerprint density at radius 2 is 1.82 bits per heavy atom. The molecule has 0 aliphatic rings. The first-order chi connectivity index (χ1) is 10.7. The van der Waals surface area contributed by atoms with Gasteiger partial charge >= 0.3 is 0 Å². The molecule has 0 N–H and O–H groups in total. The molecule has 0 saturated heterocycles. The molecule has 0 spiro atoms. The van der Waals surface area contributed by atoms with Gasteiger partial charge in [0, 0.05) is 5.56 Å².